The van der Waals surface area contributed by atoms with Gasteiger partial charge in [0.2, 0.25) is 0 Å². The topological polar surface area (TPSA) is 49.9 Å². The van der Waals surface area contributed by atoms with E-state index in [9.17, 15) is 9.59 Å². The van der Waals surface area contributed by atoms with Gasteiger partial charge in [-0.3, -0.25) is 9.59 Å². The summed E-state index contributed by atoms with van der Waals surface area (Å²) in [6.45, 7) is 5.35. The summed E-state index contributed by atoms with van der Waals surface area (Å²) in [4.78, 5) is 29.9. The highest BCUT2D eigenvalue weighted by atomic mass is 32.1. The zero-order chi connectivity index (χ0) is 17.4. The molecule has 2 amide bonds. The molecule has 3 aliphatic rings. The predicted octanol–water partition coefficient (Wildman–Crippen LogP) is 2.77. The number of hydrogen-bond donors (Lipinski definition) is 0. The minimum atomic E-state index is -0.278. The molecule has 25 heavy (non-hydrogen) atoms. The van der Waals surface area contributed by atoms with E-state index in [1.807, 2.05) is 27.3 Å². The largest absolute Gasteiger partial charge is 0.362 e. The standard InChI is InChI=1S/C19H26N2O3S/c1-14-13-21(18(23)16-5-4-12-25-16)11-8-19(14)7-6-15(24-19)17(22)20-9-2-3-10-20/h4-5,12,14-15H,2-3,6-11,13H2,1H3/t14-,15-,19+/m1/s1. The monoisotopic (exact) mass is 362 g/mol. The molecule has 3 saturated heterocycles. The van der Waals surface area contributed by atoms with Gasteiger partial charge in [-0.15, -0.1) is 11.3 Å². The number of amides is 2. The third-order valence-corrected chi connectivity index (χ3v) is 6.97. The molecule has 6 heteroatoms. The van der Waals surface area contributed by atoms with Gasteiger partial charge in [0.15, 0.2) is 0 Å². The highest BCUT2D eigenvalue weighted by molar-refractivity contribution is 7.12. The molecule has 5 nitrogen and oxygen atoms in total. The first-order chi connectivity index (χ1) is 12.1. The molecule has 3 atom stereocenters. The Balaban J connectivity index is 1.39. The summed E-state index contributed by atoms with van der Waals surface area (Å²) in [5, 5.41) is 1.94. The number of hydrogen-bond acceptors (Lipinski definition) is 4. The normalized spacial score (nSPS) is 32.5. The molecule has 0 saturated carbocycles. The van der Waals surface area contributed by atoms with Crippen molar-refractivity contribution in [3.63, 3.8) is 0 Å². The Morgan fingerprint density at radius 3 is 2.68 bits per heavy atom. The first kappa shape index (κ1) is 17.0. The van der Waals surface area contributed by atoms with Crippen LogP contribution in [0.2, 0.25) is 0 Å². The zero-order valence-electron chi connectivity index (χ0n) is 14.8. The van der Waals surface area contributed by atoms with Crippen molar-refractivity contribution in [2.24, 2.45) is 5.92 Å². The van der Waals surface area contributed by atoms with Crippen molar-refractivity contribution < 1.29 is 14.3 Å². The Hall–Kier alpha value is -1.40. The van der Waals surface area contributed by atoms with Crippen LogP contribution in [0.4, 0.5) is 0 Å². The number of carbonyl (C=O) groups excluding carboxylic acids is 2. The molecular formula is C19H26N2O3S. The molecule has 1 aromatic rings. The Bertz CT molecular complexity index is 641. The summed E-state index contributed by atoms with van der Waals surface area (Å²) < 4.78 is 6.37. The smallest absolute Gasteiger partial charge is 0.263 e. The van der Waals surface area contributed by atoms with Crippen LogP contribution in [0.5, 0.6) is 0 Å². The van der Waals surface area contributed by atoms with Crippen LogP contribution in [0.15, 0.2) is 17.5 Å². The van der Waals surface area contributed by atoms with Gasteiger partial charge in [0.25, 0.3) is 11.8 Å². The molecule has 3 fully saturated rings. The summed E-state index contributed by atoms with van der Waals surface area (Å²) >= 11 is 1.50. The van der Waals surface area contributed by atoms with Gasteiger partial charge in [-0.2, -0.15) is 0 Å². The SMILES string of the molecule is C[C@@H]1CN(C(=O)c2cccs2)CC[C@@]12CC[C@H](C(=O)N1CCCC1)O2. The lowest BCUT2D eigenvalue weighted by Gasteiger charge is -2.44. The quantitative estimate of drug-likeness (QED) is 0.813. The van der Waals surface area contributed by atoms with E-state index < -0.39 is 0 Å². The molecule has 3 aliphatic heterocycles. The second-order valence-electron chi connectivity index (χ2n) is 7.62. The fourth-order valence-corrected chi connectivity index (χ4v) is 5.23. The summed E-state index contributed by atoms with van der Waals surface area (Å²) in [5.41, 5.74) is -0.230. The van der Waals surface area contributed by atoms with E-state index in [2.05, 4.69) is 6.92 Å². The van der Waals surface area contributed by atoms with Gasteiger partial charge in [0.05, 0.1) is 10.5 Å². The van der Waals surface area contributed by atoms with E-state index in [0.29, 0.717) is 13.1 Å². The Morgan fingerprint density at radius 1 is 1.20 bits per heavy atom. The van der Waals surface area contributed by atoms with Crippen molar-refractivity contribution >= 4 is 23.2 Å². The first-order valence-corrected chi connectivity index (χ1v) is 10.3. The van der Waals surface area contributed by atoms with Gasteiger partial charge < -0.3 is 14.5 Å². The zero-order valence-corrected chi connectivity index (χ0v) is 15.6. The number of ether oxygens (including phenoxy) is 1. The molecular weight excluding hydrogens is 336 g/mol. The number of piperidine rings is 1. The van der Waals surface area contributed by atoms with E-state index in [0.717, 1.165) is 50.1 Å². The van der Waals surface area contributed by atoms with E-state index in [-0.39, 0.29) is 29.4 Å². The van der Waals surface area contributed by atoms with Crippen LogP contribution < -0.4 is 0 Å². The van der Waals surface area contributed by atoms with Crippen LogP contribution in [0, 0.1) is 5.92 Å². The maximum Gasteiger partial charge on any atom is 0.263 e. The molecule has 0 radical (unpaired) electrons. The molecule has 0 aliphatic carbocycles. The van der Waals surface area contributed by atoms with Crippen molar-refractivity contribution in [3.8, 4) is 0 Å². The van der Waals surface area contributed by atoms with Crippen molar-refractivity contribution in [3.05, 3.63) is 22.4 Å². The number of carbonyl (C=O) groups is 2. The van der Waals surface area contributed by atoms with E-state index in [4.69, 9.17) is 4.74 Å². The summed E-state index contributed by atoms with van der Waals surface area (Å²) in [7, 11) is 0. The van der Waals surface area contributed by atoms with Crippen LogP contribution in [-0.2, 0) is 9.53 Å². The van der Waals surface area contributed by atoms with Crippen LogP contribution >= 0.6 is 11.3 Å². The number of likely N-dealkylation sites (tertiary alicyclic amines) is 2. The van der Waals surface area contributed by atoms with Crippen LogP contribution in [-0.4, -0.2) is 59.5 Å². The molecule has 0 unspecified atom stereocenters. The Kier molecular flexibility index (Phi) is 4.58. The highest BCUT2D eigenvalue weighted by Gasteiger charge is 2.50. The highest BCUT2D eigenvalue weighted by Crippen LogP contribution is 2.43. The minimum absolute atomic E-state index is 0.124. The van der Waals surface area contributed by atoms with Gasteiger partial charge in [0.1, 0.15) is 6.10 Å². The fourth-order valence-electron chi connectivity index (χ4n) is 4.54. The summed E-state index contributed by atoms with van der Waals surface area (Å²) in [5.74, 6) is 0.555. The molecule has 0 bridgehead atoms. The Morgan fingerprint density at radius 2 is 2.00 bits per heavy atom. The first-order valence-electron chi connectivity index (χ1n) is 9.38. The number of thiophene rings is 1. The molecule has 136 valence electrons. The molecule has 0 N–H and O–H groups in total. The van der Waals surface area contributed by atoms with Crippen LogP contribution in [0.3, 0.4) is 0 Å². The third kappa shape index (κ3) is 3.10. The van der Waals surface area contributed by atoms with E-state index in [1.54, 1.807) is 0 Å². The second kappa shape index (κ2) is 6.72. The van der Waals surface area contributed by atoms with Gasteiger partial charge in [0, 0.05) is 32.1 Å². The van der Waals surface area contributed by atoms with E-state index in [1.165, 1.54) is 11.3 Å². The predicted molar refractivity (Wildman–Crippen MR) is 96.7 cm³/mol. The summed E-state index contributed by atoms with van der Waals surface area (Å²) in [6.07, 6.45) is 4.52. The lowest BCUT2D eigenvalue weighted by Crippen LogP contribution is -2.53. The number of rotatable bonds is 2. The van der Waals surface area contributed by atoms with E-state index >= 15 is 0 Å². The lowest BCUT2D eigenvalue weighted by molar-refractivity contribution is -0.154. The average molecular weight is 362 g/mol. The van der Waals surface area contributed by atoms with Crippen molar-refractivity contribution in [1.82, 2.24) is 9.80 Å². The minimum Gasteiger partial charge on any atom is -0.362 e. The average Bonchev–Trinajstić information content (AvgIpc) is 3.38. The van der Waals surface area contributed by atoms with Crippen molar-refractivity contribution in [1.29, 1.82) is 0 Å². The van der Waals surface area contributed by atoms with Gasteiger partial charge >= 0.3 is 0 Å². The van der Waals surface area contributed by atoms with Crippen LogP contribution in [0.1, 0.15) is 48.7 Å². The Labute approximate surface area is 152 Å². The van der Waals surface area contributed by atoms with Crippen molar-refractivity contribution in [2.75, 3.05) is 26.2 Å². The van der Waals surface area contributed by atoms with Gasteiger partial charge in [-0.05, 0) is 43.6 Å². The third-order valence-electron chi connectivity index (χ3n) is 6.12. The molecule has 0 aromatic carbocycles. The van der Waals surface area contributed by atoms with Gasteiger partial charge in [-0.25, -0.2) is 0 Å². The second-order valence-corrected chi connectivity index (χ2v) is 8.57. The number of nitrogens with zero attached hydrogens (tertiary/aromatic N) is 2. The molecule has 1 aromatic heterocycles. The van der Waals surface area contributed by atoms with Crippen molar-refractivity contribution in [2.45, 2.75) is 50.7 Å². The maximum atomic E-state index is 12.6. The fraction of sp³-hybridized carbons (Fsp3) is 0.684. The summed E-state index contributed by atoms with van der Waals surface area (Å²) in [6, 6.07) is 3.81. The molecule has 4 heterocycles. The van der Waals surface area contributed by atoms with Crippen LogP contribution in [0.25, 0.3) is 0 Å². The lowest BCUT2D eigenvalue weighted by atomic mass is 9.80. The van der Waals surface area contributed by atoms with Gasteiger partial charge in [-0.1, -0.05) is 13.0 Å². The molecule has 4 rings (SSSR count). The molecule has 1 spiro atoms. The maximum absolute atomic E-state index is 12.6.